The van der Waals surface area contributed by atoms with Crippen LogP contribution in [0.15, 0.2) is 18.2 Å². The van der Waals surface area contributed by atoms with Gasteiger partial charge in [-0.25, -0.2) is 14.0 Å². The third kappa shape index (κ3) is 5.69. The van der Waals surface area contributed by atoms with E-state index in [4.69, 9.17) is 14.0 Å². The maximum absolute atomic E-state index is 15.2. The summed E-state index contributed by atoms with van der Waals surface area (Å²) in [7, 11) is -0.745. The lowest BCUT2D eigenvalue weighted by atomic mass is 9.69. The zero-order valence-electron chi connectivity index (χ0n) is 21.4. The number of aliphatic carboxylic acids is 1. The van der Waals surface area contributed by atoms with Crippen molar-refractivity contribution in [2.45, 2.75) is 98.0 Å². The van der Waals surface area contributed by atoms with Crippen molar-refractivity contribution < 1.29 is 33.1 Å². The van der Waals surface area contributed by atoms with Crippen molar-refractivity contribution in [2.75, 3.05) is 0 Å². The van der Waals surface area contributed by atoms with Gasteiger partial charge in [-0.05, 0) is 71.0 Å². The average Bonchev–Trinajstić information content (AvgIpc) is 2.80. The summed E-state index contributed by atoms with van der Waals surface area (Å²) < 4.78 is 32.5. The Morgan fingerprint density at radius 3 is 1.97 bits per heavy atom. The average molecular weight is 465 g/mol. The van der Waals surface area contributed by atoms with E-state index in [0.29, 0.717) is 5.46 Å². The van der Waals surface area contributed by atoms with E-state index >= 15 is 4.39 Å². The molecule has 1 heterocycles. The Hall–Kier alpha value is -2.13. The van der Waals surface area contributed by atoms with E-state index in [9.17, 15) is 14.7 Å². The van der Waals surface area contributed by atoms with Gasteiger partial charge in [-0.3, -0.25) is 0 Å². The minimum atomic E-state index is -1.82. The van der Waals surface area contributed by atoms with Gasteiger partial charge in [-0.15, -0.1) is 0 Å². The Morgan fingerprint density at radius 2 is 1.58 bits per heavy atom. The highest BCUT2D eigenvalue weighted by Crippen LogP contribution is 2.37. The first-order valence-electron chi connectivity index (χ1n) is 11.1. The van der Waals surface area contributed by atoms with Crippen LogP contribution in [0.25, 0.3) is 0 Å². The third-order valence-electron chi connectivity index (χ3n) is 6.42. The molecule has 7 nitrogen and oxygen atoms in total. The largest absolute Gasteiger partial charge is 0.494 e. The zero-order chi connectivity index (χ0) is 25.6. The summed E-state index contributed by atoms with van der Waals surface area (Å²) in [6.07, 6.45) is -1.16. The van der Waals surface area contributed by atoms with Crippen LogP contribution in [0.4, 0.5) is 9.18 Å². The van der Waals surface area contributed by atoms with Crippen LogP contribution >= 0.6 is 0 Å². The normalized spacial score (nSPS) is 19.7. The van der Waals surface area contributed by atoms with Crippen molar-refractivity contribution in [2.24, 2.45) is 5.41 Å². The van der Waals surface area contributed by atoms with Crippen molar-refractivity contribution in [1.82, 2.24) is 5.32 Å². The molecule has 1 aliphatic rings. The van der Waals surface area contributed by atoms with E-state index in [1.807, 2.05) is 27.7 Å². The molecule has 0 bridgehead atoms. The lowest BCUT2D eigenvalue weighted by Gasteiger charge is -2.42. The van der Waals surface area contributed by atoms with Crippen LogP contribution in [0.2, 0.25) is 0 Å². The van der Waals surface area contributed by atoms with Crippen LogP contribution in [0, 0.1) is 11.2 Å². The van der Waals surface area contributed by atoms with Crippen LogP contribution in [-0.2, 0) is 25.3 Å². The van der Waals surface area contributed by atoms with Gasteiger partial charge in [0.25, 0.3) is 0 Å². The highest BCUT2D eigenvalue weighted by Gasteiger charge is 2.53. The number of carbonyl (C=O) groups excluding carboxylic acids is 1. The maximum Gasteiger partial charge on any atom is 0.494 e. The van der Waals surface area contributed by atoms with Gasteiger partial charge in [-0.1, -0.05) is 32.9 Å². The fourth-order valence-corrected chi connectivity index (χ4v) is 3.54. The van der Waals surface area contributed by atoms with Gasteiger partial charge in [0.1, 0.15) is 17.0 Å². The number of carbonyl (C=O) groups is 2. The smallest absolute Gasteiger partial charge is 0.479 e. The monoisotopic (exact) mass is 465 g/mol. The van der Waals surface area contributed by atoms with E-state index < -0.39 is 52.8 Å². The Kier molecular flexibility index (Phi) is 7.05. The predicted octanol–water partition coefficient (Wildman–Crippen LogP) is 4.06. The number of ether oxygens (including phenoxy) is 1. The molecule has 2 rings (SSSR count). The Bertz CT molecular complexity index is 903. The molecule has 1 atom stereocenters. The van der Waals surface area contributed by atoms with Gasteiger partial charge < -0.3 is 24.5 Å². The molecule has 0 aromatic heterocycles. The first-order chi connectivity index (χ1) is 14.7. The van der Waals surface area contributed by atoms with Crippen LogP contribution in [0.1, 0.15) is 74.8 Å². The number of amides is 1. The molecule has 1 aromatic rings. The van der Waals surface area contributed by atoms with E-state index in [1.165, 1.54) is 12.1 Å². The molecule has 1 aromatic carbocycles. The lowest BCUT2D eigenvalue weighted by Crippen LogP contribution is -2.64. The quantitative estimate of drug-likeness (QED) is 0.637. The summed E-state index contributed by atoms with van der Waals surface area (Å²) in [6, 6.07) is 4.46. The Morgan fingerprint density at radius 1 is 1.06 bits per heavy atom. The molecule has 0 saturated carbocycles. The zero-order valence-corrected chi connectivity index (χ0v) is 21.4. The number of hydrogen-bond acceptors (Lipinski definition) is 5. The maximum atomic E-state index is 15.2. The second-order valence-corrected chi connectivity index (χ2v) is 11.7. The van der Waals surface area contributed by atoms with E-state index in [1.54, 1.807) is 47.6 Å². The molecule has 0 radical (unpaired) electrons. The number of nitrogens with one attached hydrogen (secondary N) is 1. The fraction of sp³-hybridized carbons (Fsp3) is 0.667. The van der Waals surface area contributed by atoms with Crippen molar-refractivity contribution in [3.63, 3.8) is 0 Å². The second kappa shape index (κ2) is 8.58. The third-order valence-corrected chi connectivity index (χ3v) is 6.42. The van der Waals surface area contributed by atoms with E-state index in [0.717, 1.165) is 0 Å². The summed E-state index contributed by atoms with van der Waals surface area (Å²) in [5.41, 5.74) is -4.12. The van der Waals surface area contributed by atoms with Crippen LogP contribution in [0.3, 0.4) is 0 Å². The molecule has 1 amide bonds. The molecule has 1 fully saturated rings. The molecule has 184 valence electrons. The SMILES string of the molecule is CC(C)(C)OC(=O)NC(Cc1ccc(B2OC(C)(C)C(C)(C)O2)cc1F)(C(=O)O)C(C)(C)C. The van der Waals surface area contributed by atoms with Gasteiger partial charge in [0.2, 0.25) is 0 Å². The lowest BCUT2D eigenvalue weighted by molar-refractivity contribution is -0.150. The molecular formula is C24H37BFNO6. The van der Waals surface area contributed by atoms with Gasteiger partial charge in [-0.2, -0.15) is 0 Å². The summed E-state index contributed by atoms with van der Waals surface area (Å²) in [4.78, 5) is 25.0. The minimum absolute atomic E-state index is 0.142. The molecule has 1 unspecified atom stereocenters. The topological polar surface area (TPSA) is 94.1 Å². The van der Waals surface area contributed by atoms with Crippen molar-refractivity contribution in [3.8, 4) is 0 Å². The number of benzene rings is 1. The summed E-state index contributed by atoms with van der Waals surface area (Å²) in [5.74, 6) is -1.89. The molecule has 1 aliphatic heterocycles. The number of carboxylic acids is 1. The summed E-state index contributed by atoms with van der Waals surface area (Å²) >= 11 is 0. The molecule has 9 heteroatoms. The van der Waals surface area contributed by atoms with Gasteiger partial charge in [0.05, 0.1) is 11.2 Å². The Labute approximate surface area is 196 Å². The number of hydrogen-bond donors (Lipinski definition) is 2. The fourth-order valence-electron chi connectivity index (χ4n) is 3.54. The molecule has 0 aliphatic carbocycles. The molecule has 0 spiro atoms. The molecule has 2 N–H and O–H groups in total. The summed E-state index contributed by atoms with van der Waals surface area (Å²) in [5, 5.41) is 12.7. The van der Waals surface area contributed by atoms with Crippen LogP contribution < -0.4 is 10.8 Å². The van der Waals surface area contributed by atoms with Crippen molar-refractivity contribution >= 4 is 24.6 Å². The van der Waals surface area contributed by atoms with Gasteiger partial charge >= 0.3 is 19.2 Å². The van der Waals surface area contributed by atoms with Crippen molar-refractivity contribution in [1.29, 1.82) is 0 Å². The van der Waals surface area contributed by atoms with Gasteiger partial charge in [0, 0.05) is 6.42 Å². The highest BCUT2D eigenvalue weighted by atomic mass is 19.1. The number of halogens is 1. The Balaban J connectivity index is 2.39. The minimum Gasteiger partial charge on any atom is -0.479 e. The standard InChI is InChI=1S/C24H37BFNO6/c1-20(2,3)24(18(28)29,27-19(30)31-21(4,5)6)14-15-11-12-16(13-17(15)26)25-32-22(7,8)23(9,10)33-25/h11-13H,14H2,1-10H3,(H,27,30)(H,28,29). The van der Waals surface area contributed by atoms with Crippen LogP contribution in [0.5, 0.6) is 0 Å². The first kappa shape index (κ1) is 27.1. The molecular weight excluding hydrogens is 428 g/mol. The number of carboxylic acid groups (broad SMARTS) is 1. The van der Waals surface area contributed by atoms with Gasteiger partial charge in [0.15, 0.2) is 0 Å². The molecule has 33 heavy (non-hydrogen) atoms. The van der Waals surface area contributed by atoms with E-state index in [-0.39, 0.29) is 12.0 Å². The van der Waals surface area contributed by atoms with E-state index in [2.05, 4.69) is 5.32 Å². The first-order valence-corrected chi connectivity index (χ1v) is 11.1. The van der Waals surface area contributed by atoms with Crippen LogP contribution in [-0.4, -0.2) is 46.6 Å². The predicted molar refractivity (Wildman–Crippen MR) is 125 cm³/mol. The summed E-state index contributed by atoms with van der Waals surface area (Å²) in [6.45, 7) is 17.7. The molecule has 1 saturated heterocycles. The van der Waals surface area contributed by atoms with Crippen molar-refractivity contribution in [3.05, 3.63) is 29.6 Å². The number of alkyl carbamates (subject to hydrolysis) is 1. The second-order valence-electron chi connectivity index (χ2n) is 11.7. The number of rotatable bonds is 5. The highest BCUT2D eigenvalue weighted by molar-refractivity contribution is 6.62.